The molecule has 2 unspecified atom stereocenters. The van der Waals surface area contributed by atoms with E-state index in [2.05, 4.69) is 0 Å². The number of hydrogen-bond acceptors (Lipinski definition) is 2. The molecule has 2 fully saturated rings. The van der Waals surface area contributed by atoms with Crippen LogP contribution in [-0.2, 0) is 9.59 Å². The molecule has 2 rings (SSSR count). The Balaban J connectivity index is 1.77. The Bertz CT molecular complexity index is 253. The second-order valence-electron chi connectivity index (χ2n) is 4.61. The van der Waals surface area contributed by atoms with Crippen LogP contribution in [0.1, 0.15) is 38.5 Å². The number of hydrogen-bond donors (Lipinski definition) is 1. The number of rotatable bonds is 4. The van der Waals surface area contributed by atoms with Crippen LogP contribution in [0.5, 0.6) is 0 Å². The van der Waals surface area contributed by atoms with E-state index in [1.807, 2.05) is 0 Å². The number of aliphatic carboxylic acids is 1. The van der Waals surface area contributed by atoms with E-state index in [1.165, 1.54) is 12.8 Å². The van der Waals surface area contributed by atoms with E-state index in [4.69, 9.17) is 5.11 Å². The molecule has 0 bridgehead atoms. The molecule has 1 N–H and O–H groups in total. The van der Waals surface area contributed by atoms with Crippen molar-refractivity contribution in [1.29, 1.82) is 0 Å². The monoisotopic (exact) mass is 196 g/mol. The highest BCUT2D eigenvalue weighted by Gasteiger charge is 2.48. The lowest BCUT2D eigenvalue weighted by Gasteiger charge is -2.06. The molecule has 0 saturated heterocycles. The van der Waals surface area contributed by atoms with Gasteiger partial charge in [0.2, 0.25) is 0 Å². The van der Waals surface area contributed by atoms with E-state index < -0.39 is 5.97 Å². The van der Waals surface area contributed by atoms with Crippen LogP contribution in [0.4, 0.5) is 0 Å². The van der Waals surface area contributed by atoms with Crippen molar-refractivity contribution in [3.63, 3.8) is 0 Å². The second kappa shape index (κ2) is 3.71. The Hall–Kier alpha value is -0.860. The van der Waals surface area contributed by atoms with Gasteiger partial charge in [-0.15, -0.1) is 0 Å². The van der Waals surface area contributed by atoms with Gasteiger partial charge in [0.05, 0.1) is 5.92 Å². The fourth-order valence-electron chi connectivity index (χ4n) is 2.47. The average molecular weight is 196 g/mol. The Labute approximate surface area is 83.5 Å². The van der Waals surface area contributed by atoms with Gasteiger partial charge in [0.25, 0.3) is 0 Å². The maximum Gasteiger partial charge on any atom is 0.307 e. The first kappa shape index (κ1) is 9.69. The highest BCUT2D eigenvalue weighted by Crippen LogP contribution is 2.42. The minimum absolute atomic E-state index is 0.145. The Morgan fingerprint density at radius 2 is 1.79 bits per heavy atom. The van der Waals surface area contributed by atoms with E-state index >= 15 is 0 Å². The van der Waals surface area contributed by atoms with Crippen molar-refractivity contribution < 1.29 is 14.7 Å². The molecule has 0 amide bonds. The summed E-state index contributed by atoms with van der Waals surface area (Å²) in [6, 6.07) is 0. The summed E-state index contributed by atoms with van der Waals surface area (Å²) >= 11 is 0. The summed E-state index contributed by atoms with van der Waals surface area (Å²) in [5.41, 5.74) is 0. The van der Waals surface area contributed by atoms with Crippen molar-refractivity contribution in [3.8, 4) is 0 Å². The summed E-state index contributed by atoms with van der Waals surface area (Å²) in [7, 11) is 0. The van der Waals surface area contributed by atoms with Gasteiger partial charge in [-0.3, -0.25) is 9.59 Å². The molecular weight excluding hydrogens is 180 g/mol. The lowest BCUT2D eigenvalue weighted by molar-refractivity contribution is -0.140. The molecule has 78 valence electrons. The molecule has 0 aromatic heterocycles. The fourth-order valence-corrected chi connectivity index (χ4v) is 2.47. The molecule has 0 spiro atoms. The second-order valence-corrected chi connectivity index (χ2v) is 4.61. The molecule has 0 radical (unpaired) electrons. The first-order valence-corrected chi connectivity index (χ1v) is 5.44. The third-order valence-electron chi connectivity index (χ3n) is 3.49. The van der Waals surface area contributed by atoms with Crippen molar-refractivity contribution in [2.24, 2.45) is 17.8 Å². The average Bonchev–Trinajstić information content (AvgIpc) is 2.80. The van der Waals surface area contributed by atoms with Gasteiger partial charge < -0.3 is 5.11 Å². The molecule has 14 heavy (non-hydrogen) atoms. The van der Waals surface area contributed by atoms with Gasteiger partial charge in [-0.2, -0.15) is 0 Å². The van der Waals surface area contributed by atoms with Crippen molar-refractivity contribution in [2.75, 3.05) is 0 Å². The zero-order valence-electron chi connectivity index (χ0n) is 8.24. The van der Waals surface area contributed by atoms with Crippen molar-refractivity contribution in [3.05, 3.63) is 0 Å². The molecule has 2 aliphatic rings. The SMILES string of the molecule is O=C(O)C1CC1C(=O)CC1CCCC1. The molecule has 2 saturated carbocycles. The van der Waals surface area contributed by atoms with Gasteiger partial charge in [-0.25, -0.2) is 0 Å². The van der Waals surface area contributed by atoms with E-state index in [-0.39, 0.29) is 17.6 Å². The van der Waals surface area contributed by atoms with Crippen LogP contribution in [0, 0.1) is 17.8 Å². The molecule has 2 aliphatic carbocycles. The third-order valence-corrected chi connectivity index (χ3v) is 3.49. The van der Waals surface area contributed by atoms with Gasteiger partial charge in [-0.05, 0) is 12.3 Å². The summed E-state index contributed by atoms with van der Waals surface area (Å²) in [5, 5.41) is 8.68. The molecule has 0 aromatic rings. The summed E-state index contributed by atoms with van der Waals surface area (Å²) in [6.07, 6.45) is 6.03. The van der Waals surface area contributed by atoms with Gasteiger partial charge in [-0.1, -0.05) is 25.7 Å². The van der Waals surface area contributed by atoms with Crippen LogP contribution >= 0.6 is 0 Å². The smallest absolute Gasteiger partial charge is 0.307 e. The molecule has 3 heteroatoms. The fraction of sp³-hybridized carbons (Fsp3) is 0.818. The first-order valence-electron chi connectivity index (χ1n) is 5.44. The molecule has 3 nitrogen and oxygen atoms in total. The zero-order valence-corrected chi connectivity index (χ0v) is 8.24. The maximum absolute atomic E-state index is 11.6. The first-order chi connectivity index (χ1) is 6.68. The van der Waals surface area contributed by atoms with E-state index in [0.29, 0.717) is 18.8 Å². The zero-order chi connectivity index (χ0) is 10.1. The maximum atomic E-state index is 11.6. The van der Waals surface area contributed by atoms with Crippen molar-refractivity contribution >= 4 is 11.8 Å². The Kier molecular flexibility index (Phi) is 2.57. The van der Waals surface area contributed by atoms with Gasteiger partial charge in [0.1, 0.15) is 5.78 Å². The van der Waals surface area contributed by atoms with Crippen LogP contribution in [0.2, 0.25) is 0 Å². The third kappa shape index (κ3) is 1.97. The van der Waals surface area contributed by atoms with Crippen molar-refractivity contribution in [2.45, 2.75) is 38.5 Å². The minimum atomic E-state index is -0.797. The van der Waals surface area contributed by atoms with Gasteiger partial charge >= 0.3 is 5.97 Å². The minimum Gasteiger partial charge on any atom is -0.481 e. The summed E-state index contributed by atoms with van der Waals surface area (Å²) < 4.78 is 0. The van der Waals surface area contributed by atoms with E-state index in [1.54, 1.807) is 0 Å². The molecule has 2 atom stereocenters. The molecule has 0 aliphatic heterocycles. The summed E-state index contributed by atoms with van der Waals surface area (Å²) in [4.78, 5) is 22.2. The van der Waals surface area contributed by atoms with Crippen LogP contribution < -0.4 is 0 Å². The van der Waals surface area contributed by atoms with Gasteiger partial charge in [0, 0.05) is 12.3 Å². The van der Waals surface area contributed by atoms with Crippen LogP contribution in [0.25, 0.3) is 0 Å². The highest BCUT2D eigenvalue weighted by molar-refractivity contribution is 5.90. The number of carboxylic acids is 1. The van der Waals surface area contributed by atoms with E-state index in [0.717, 1.165) is 12.8 Å². The topological polar surface area (TPSA) is 54.4 Å². The standard InChI is InChI=1S/C11H16O3/c12-10(5-7-3-1-2-4-7)8-6-9(8)11(13)14/h7-9H,1-6H2,(H,13,14). The van der Waals surface area contributed by atoms with Crippen LogP contribution in [0.3, 0.4) is 0 Å². The Morgan fingerprint density at radius 3 is 2.29 bits per heavy atom. The van der Waals surface area contributed by atoms with Crippen LogP contribution in [0.15, 0.2) is 0 Å². The lowest BCUT2D eigenvalue weighted by Crippen LogP contribution is -2.11. The largest absolute Gasteiger partial charge is 0.481 e. The normalized spacial score (nSPS) is 31.7. The molecule has 0 aromatic carbocycles. The molecular formula is C11H16O3. The predicted molar refractivity (Wildman–Crippen MR) is 50.8 cm³/mol. The Morgan fingerprint density at radius 1 is 1.14 bits per heavy atom. The number of carbonyl (C=O) groups excluding carboxylic acids is 1. The van der Waals surface area contributed by atoms with Gasteiger partial charge in [0.15, 0.2) is 0 Å². The van der Waals surface area contributed by atoms with E-state index in [9.17, 15) is 9.59 Å². The summed E-state index contributed by atoms with van der Waals surface area (Å²) in [6.45, 7) is 0. The quantitative estimate of drug-likeness (QED) is 0.746. The highest BCUT2D eigenvalue weighted by atomic mass is 16.4. The number of carboxylic acid groups (broad SMARTS) is 1. The van der Waals surface area contributed by atoms with Crippen molar-refractivity contribution in [1.82, 2.24) is 0 Å². The summed E-state index contributed by atoms with van der Waals surface area (Å²) in [5.74, 6) is -0.548. The molecule has 0 heterocycles. The number of Topliss-reactive ketones (excluding diaryl/α,β-unsaturated/α-hetero) is 1. The number of ketones is 1. The number of carbonyl (C=O) groups is 2. The lowest BCUT2D eigenvalue weighted by atomic mass is 9.98. The predicted octanol–water partition coefficient (Wildman–Crippen LogP) is 1.86. The van der Waals surface area contributed by atoms with Crippen LogP contribution in [-0.4, -0.2) is 16.9 Å².